The Morgan fingerprint density at radius 2 is 1.67 bits per heavy atom. The quantitative estimate of drug-likeness (QED) is 0.843. The highest BCUT2D eigenvalue weighted by atomic mass is 19.1. The van der Waals surface area contributed by atoms with E-state index in [0.717, 1.165) is 25.2 Å². The lowest BCUT2D eigenvalue weighted by Gasteiger charge is -2.38. The van der Waals surface area contributed by atoms with E-state index in [9.17, 15) is 4.39 Å². The molecule has 2 N–H and O–H groups in total. The second-order valence-electron chi connectivity index (χ2n) is 5.16. The number of hydrogen-bond donors (Lipinski definition) is 1. The fourth-order valence-corrected chi connectivity index (χ4v) is 2.18. The highest BCUT2D eigenvalue weighted by molar-refractivity contribution is 5.26. The van der Waals surface area contributed by atoms with Crippen molar-refractivity contribution < 1.29 is 4.39 Å². The average Bonchev–Trinajstić information content (AvgIpc) is 2.36. The van der Waals surface area contributed by atoms with Crippen molar-refractivity contribution >= 4 is 0 Å². The number of nitrogens with zero attached hydrogens (tertiary/aromatic N) is 1. The van der Waals surface area contributed by atoms with Gasteiger partial charge in [-0.1, -0.05) is 39.8 Å². The third-order valence-electron chi connectivity index (χ3n) is 3.79. The third kappa shape index (κ3) is 3.30. The Morgan fingerprint density at radius 3 is 2.06 bits per heavy atom. The second kappa shape index (κ2) is 6.30. The molecule has 1 aromatic carbocycles. The Morgan fingerprint density at radius 1 is 1.17 bits per heavy atom. The van der Waals surface area contributed by atoms with Crippen LogP contribution in [0, 0.1) is 11.7 Å². The first-order valence-electron chi connectivity index (χ1n) is 6.71. The SMILES string of the molecule is CCN(CC)CC(N)(c1ccc(F)cc1)C(C)C. The molecule has 0 spiro atoms. The molecule has 0 aromatic heterocycles. The lowest BCUT2D eigenvalue weighted by molar-refractivity contribution is 0.184. The monoisotopic (exact) mass is 252 g/mol. The zero-order valence-corrected chi connectivity index (χ0v) is 11.9. The Bertz CT molecular complexity index is 357. The molecule has 0 saturated heterocycles. The van der Waals surface area contributed by atoms with Crippen molar-refractivity contribution in [1.82, 2.24) is 4.90 Å². The van der Waals surface area contributed by atoms with Crippen LogP contribution in [0.5, 0.6) is 0 Å². The zero-order valence-electron chi connectivity index (χ0n) is 11.9. The highest BCUT2D eigenvalue weighted by Gasteiger charge is 2.32. The zero-order chi connectivity index (χ0) is 13.8. The summed E-state index contributed by atoms with van der Waals surface area (Å²) in [5, 5.41) is 0. The highest BCUT2D eigenvalue weighted by Crippen LogP contribution is 2.28. The smallest absolute Gasteiger partial charge is 0.123 e. The number of hydrogen-bond acceptors (Lipinski definition) is 2. The molecule has 102 valence electrons. The van der Waals surface area contributed by atoms with Crippen LogP contribution in [-0.2, 0) is 5.54 Å². The van der Waals surface area contributed by atoms with E-state index >= 15 is 0 Å². The van der Waals surface area contributed by atoms with Crippen LogP contribution in [0.3, 0.4) is 0 Å². The van der Waals surface area contributed by atoms with Crippen LogP contribution in [0.25, 0.3) is 0 Å². The summed E-state index contributed by atoms with van der Waals surface area (Å²) in [6.45, 7) is 11.2. The predicted octanol–water partition coefficient (Wildman–Crippen LogP) is 2.98. The van der Waals surface area contributed by atoms with Gasteiger partial charge in [-0.3, -0.25) is 0 Å². The molecule has 0 heterocycles. The van der Waals surface area contributed by atoms with E-state index in [1.165, 1.54) is 12.1 Å². The van der Waals surface area contributed by atoms with Crippen molar-refractivity contribution in [2.24, 2.45) is 11.7 Å². The molecule has 1 aromatic rings. The molecule has 1 rings (SSSR count). The fourth-order valence-electron chi connectivity index (χ4n) is 2.18. The normalized spacial score (nSPS) is 15.1. The molecule has 0 aliphatic carbocycles. The molecule has 1 atom stereocenters. The maximum absolute atomic E-state index is 13.0. The molecule has 0 aliphatic rings. The van der Waals surface area contributed by atoms with E-state index in [1.54, 1.807) is 12.1 Å². The third-order valence-corrected chi connectivity index (χ3v) is 3.79. The largest absolute Gasteiger partial charge is 0.320 e. The van der Waals surface area contributed by atoms with Gasteiger partial charge < -0.3 is 10.6 Å². The van der Waals surface area contributed by atoms with E-state index in [4.69, 9.17) is 5.73 Å². The maximum atomic E-state index is 13.0. The minimum Gasteiger partial charge on any atom is -0.320 e. The lowest BCUT2D eigenvalue weighted by atomic mass is 9.80. The van der Waals surface area contributed by atoms with E-state index in [-0.39, 0.29) is 5.82 Å². The van der Waals surface area contributed by atoms with Crippen molar-refractivity contribution in [3.63, 3.8) is 0 Å². The fraction of sp³-hybridized carbons (Fsp3) is 0.600. The van der Waals surface area contributed by atoms with E-state index in [0.29, 0.717) is 5.92 Å². The number of halogens is 1. The van der Waals surface area contributed by atoms with Gasteiger partial charge in [-0.15, -0.1) is 0 Å². The van der Waals surface area contributed by atoms with Gasteiger partial charge in [0.25, 0.3) is 0 Å². The van der Waals surface area contributed by atoms with E-state index in [1.807, 2.05) is 0 Å². The van der Waals surface area contributed by atoms with Gasteiger partial charge in [0.2, 0.25) is 0 Å². The van der Waals surface area contributed by atoms with Crippen LogP contribution >= 0.6 is 0 Å². The topological polar surface area (TPSA) is 29.3 Å². The van der Waals surface area contributed by atoms with Crippen LogP contribution < -0.4 is 5.73 Å². The minimum absolute atomic E-state index is 0.215. The second-order valence-corrected chi connectivity index (χ2v) is 5.16. The molecule has 0 fully saturated rings. The van der Waals surface area contributed by atoms with Crippen LogP contribution in [0.15, 0.2) is 24.3 Å². The summed E-state index contributed by atoms with van der Waals surface area (Å²) >= 11 is 0. The molecular formula is C15H25FN2. The van der Waals surface area contributed by atoms with Crippen LogP contribution in [0.2, 0.25) is 0 Å². The van der Waals surface area contributed by atoms with Crippen molar-refractivity contribution in [3.8, 4) is 0 Å². The molecule has 2 nitrogen and oxygen atoms in total. The van der Waals surface area contributed by atoms with Gasteiger partial charge in [0.1, 0.15) is 5.82 Å². The molecule has 0 aliphatic heterocycles. The Hall–Kier alpha value is -0.930. The van der Waals surface area contributed by atoms with Gasteiger partial charge in [-0.2, -0.15) is 0 Å². The van der Waals surface area contributed by atoms with Gasteiger partial charge in [0, 0.05) is 6.54 Å². The number of nitrogens with two attached hydrogens (primary N) is 1. The lowest BCUT2D eigenvalue weighted by Crippen LogP contribution is -2.51. The maximum Gasteiger partial charge on any atom is 0.123 e. The van der Waals surface area contributed by atoms with E-state index < -0.39 is 5.54 Å². The van der Waals surface area contributed by atoms with Gasteiger partial charge in [0.05, 0.1) is 5.54 Å². The summed E-state index contributed by atoms with van der Waals surface area (Å²) in [4.78, 5) is 2.31. The number of likely N-dealkylation sites (N-methyl/N-ethyl adjacent to an activating group) is 1. The standard InChI is InChI=1S/C15H25FN2/c1-5-18(6-2)11-15(17,12(3)4)13-7-9-14(16)10-8-13/h7-10,12H,5-6,11,17H2,1-4H3. The predicted molar refractivity (Wildman–Crippen MR) is 74.9 cm³/mol. The molecule has 1 unspecified atom stereocenters. The Labute approximate surface area is 110 Å². The van der Waals surface area contributed by atoms with Gasteiger partial charge in [-0.05, 0) is 36.7 Å². The summed E-state index contributed by atoms with van der Waals surface area (Å²) in [7, 11) is 0. The van der Waals surface area contributed by atoms with Crippen LogP contribution in [0.4, 0.5) is 4.39 Å². The van der Waals surface area contributed by atoms with Gasteiger partial charge in [0.15, 0.2) is 0 Å². The first-order chi connectivity index (χ1) is 8.43. The summed E-state index contributed by atoms with van der Waals surface area (Å²) < 4.78 is 13.0. The summed E-state index contributed by atoms with van der Waals surface area (Å²) in [5.74, 6) is 0.0799. The van der Waals surface area contributed by atoms with Crippen molar-refractivity contribution in [3.05, 3.63) is 35.6 Å². The van der Waals surface area contributed by atoms with Gasteiger partial charge in [-0.25, -0.2) is 4.39 Å². The Kier molecular flexibility index (Phi) is 5.29. The minimum atomic E-state index is -0.431. The summed E-state index contributed by atoms with van der Waals surface area (Å²) in [6.07, 6.45) is 0. The van der Waals surface area contributed by atoms with E-state index in [2.05, 4.69) is 32.6 Å². The first-order valence-corrected chi connectivity index (χ1v) is 6.71. The summed E-state index contributed by atoms with van der Waals surface area (Å²) in [5.41, 5.74) is 7.17. The molecular weight excluding hydrogens is 227 g/mol. The number of benzene rings is 1. The molecule has 0 radical (unpaired) electrons. The van der Waals surface area contributed by atoms with Crippen molar-refractivity contribution in [2.45, 2.75) is 33.2 Å². The molecule has 18 heavy (non-hydrogen) atoms. The molecule has 3 heteroatoms. The summed E-state index contributed by atoms with van der Waals surface area (Å²) in [6, 6.07) is 6.58. The van der Waals surface area contributed by atoms with Gasteiger partial charge >= 0.3 is 0 Å². The number of rotatable bonds is 6. The van der Waals surface area contributed by atoms with Crippen molar-refractivity contribution in [2.75, 3.05) is 19.6 Å². The van der Waals surface area contributed by atoms with Crippen LogP contribution in [-0.4, -0.2) is 24.5 Å². The first kappa shape index (κ1) is 15.1. The van der Waals surface area contributed by atoms with Crippen LogP contribution in [0.1, 0.15) is 33.3 Å². The molecule has 0 bridgehead atoms. The van der Waals surface area contributed by atoms with Crippen molar-refractivity contribution in [1.29, 1.82) is 0 Å². The Balaban J connectivity index is 3.03. The molecule has 0 saturated carbocycles. The average molecular weight is 252 g/mol. The molecule has 0 amide bonds.